The third kappa shape index (κ3) is 2.23. The summed E-state index contributed by atoms with van der Waals surface area (Å²) < 4.78 is 1.63. The first-order chi connectivity index (χ1) is 5.65. The average Bonchev–Trinajstić information content (AvgIpc) is 2.01. The van der Waals surface area contributed by atoms with E-state index in [2.05, 4.69) is 38.8 Å². The zero-order chi connectivity index (χ0) is 9.14. The number of phenolic OH excluding ortho intramolecular Hbond substituents is 1. The fourth-order valence-electron chi connectivity index (χ4n) is 1.06. The molecule has 1 N–H and O–H groups in total. The van der Waals surface area contributed by atoms with Crippen molar-refractivity contribution in [1.82, 2.24) is 0 Å². The molecule has 0 unspecified atom stereocenters. The van der Waals surface area contributed by atoms with Crippen LogP contribution in [0.4, 0.5) is 0 Å². The molecule has 0 bridgehead atoms. The summed E-state index contributed by atoms with van der Waals surface area (Å²) in [7, 11) is 0. The average molecular weight is 294 g/mol. The summed E-state index contributed by atoms with van der Waals surface area (Å²) in [6, 6.07) is 3.81. The normalized spacial score (nSPS) is 10.2. The number of hydrogen-bond donors (Lipinski definition) is 1. The summed E-state index contributed by atoms with van der Waals surface area (Å²) in [4.78, 5) is 0. The van der Waals surface area contributed by atoms with Gasteiger partial charge in [0.1, 0.15) is 5.75 Å². The third-order valence-electron chi connectivity index (χ3n) is 1.61. The van der Waals surface area contributed by atoms with Gasteiger partial charge in [-0.3, -0.25) is 0 Å². The van der Waals surface area contributed by atoms with E-state index in [-0.39, 0.29) is 0 Å². The van der Waals surface area contributed by atoms with E-state index in [0.717, 1.165) is 27.4 Å². The van der Waals surface area contributed by atoms with Crippen LogP contribution in [0.5, 0.6) is 5.75 Å². The Kier molecular flexibility index (Phi) is 3.59. The van der Waals surface area contributed by atoms with E-state index in [1.54, 1.807) is 6.07 Å². The summed E-state index contributed by atoms with van der Waals surface area (Å²) in [6.07, 6.45) is 2.09. The van der Waals surface area contributed by atoms with Crippen LogP contribution >= 0.6 is 31.9 Å². The van der Waals surface area contributed by atoms with Crippen LogP contribution in [0.3, 0.4) is 0 Å². The van der Waals surface area contributed by atoms with Crippen LogP contribution in [0.25, 0.3) is 0 Å². The Morgan fingerprint density at radius 1 is 1.33 bits per heavy atom. The Bertz CT molecular complexity index is 261. The van der Waals surface area contributed by atoms with Gasteiger partial charge in [-0.05, 0) is 56.0 Å². The van der Waals surface area contributed by atoms with Crippen LogP contribution < -0.4 is 0 Å². The first-order valence-electron chi connectivity index (χ1n) is 3.82. The highest BCUT2D eigenvalue weighted by molar-refractivity contribution is 9.13. The molecular weight excluding hydrogens is 284 g/mol. The minimum Gasteiger partial charge on any atom is -0.507 e. The molecule has 66 valence electrons. The van der Waals surface area contributed by atoms with Gasteiger partial charge in [-0.2, -0.15) is 0 Å². The van der Waals surface area contributed by atoms with E-state index in [9.17, 15) is 5.11 Å². The number of phenols is 1. The lowest BCUT2D eigenvalue weighted by Gasteiger charge is -2.04. The highest BCUT2D eigenvalue weighted by atomic mass is 79.9. The molecular formula is C9H10Br2O. The summed E-state index contributed by atoms with van der Waals surface area (Å²) in [5.74, 6) is 0.299. The molecule has 1 rings (SSSR count). The van der Waals surface area contributed by atoms with Crippen molar-refractivity contribution in [3.05, 3.63) is 26.6 Å². The Morgan fingerprint density at radius 3 is 2.50 bits per heavy atom. The van der Waals surface area contributed by atoms with Crippen molar-refractivity contribution in [1.29, 1.82) is 0 Å². The third-order valence-corrected chi connectivity index (χ3v) is 3.60. The fourth-order valence-corrected chi connectivity index (χ4v) is 1.79. The van der Waals surface area contributed by atoms with Crippen LogP contribution in [-0.4, -0.2) is 5.11 Å². The zero-order valence-corrected chi connectivity index (χ0v) is 9.94. The Balaban J connectivity index is 3.04. The van der Waals surface area contributed by atoms with Gasteiger partial charge >= 0.3 is 0 Å². The molecule has 1 aromatic carbocycles. The van der Waals surface area contributed by atoms with Crippen LogP contribution in [0, 0.1) is 0 Å². The minimum atomic E-state index is 0.299. The maximum Gasteiger partial charge on any atom is 0.131 e. The van der Waals surface area contributed by atoms with Gasteiger partial charge in [0.25, 0.3) is 0 Å². The van der Waals surface area contributed by atoms with Crippen molar-refractivity contribution in [2.24, 2.45) is 0 Å². The molecule has 1 aromatic rings. The Labute approximate surface area is 89.1 Å². The quantitative estimate of drug-likeness (QED) is 0.878. The smallest absolute Gasteiger partial charge is 0.131 e. The molecule has 12 heavy (non-hydrogen) atoms. The van der Waals surface area contributed by atoms with Gasteiger partial charge < -0.3 is 5.11 Å². The zero-order valence-electron chi connectivity index (χ0n) is 6.77. The predicted octanol–water partition coefficient (Wildman–Crippen LogP) is 3.87. The fraction of sp³-hybridized carbons (Fsp3) is 0.333. The Morgan fingerprint density at radius 2 is 2.00 bits per heavy atom. The molecule has 0 aliphatic heterocycles. The second kappa shape index (κ2) is 4.28. The molecule has 0 aromatic heterocycles. The van der Waals surface area contributed by atoms with E-state index >= 15 is 0 Å². The molecule has 0 spiro atoms. The molecule has 1 nitrogen and oxygen atoms in total. The van der Waals surface area contributed by atoms with Gasteiger partial charge in [-0.1, -0.05) is 13.3 Å². The SMILES string of the molecule is CCCc1cc(O)c(Br)c(Br)c1. The standard InChI is InChI=1S/C9H10Br2O/c1-2-3-6-4-7(10)9(11)8(12)5-6/h4-5,12H,2-3H2,1H3. The number of benzene rings is 1. The highest BCUT2D eigenvalue weighted by Gasteiger charge is 2.04. The van der Waals surface area contributed by atoms with Crippen molar-refractivity contribution in [2.45, 2.75) is 19.8 Å². The molecule has 0 fully saturated rings. The summed E-state index contributed by atoms with van der Waals surface area (Å²) in [5.41, 5.74) is 1.16. The maximum atomic E-state index is 9.43. The summed E-state index contributed by atoms with van der Waals surface area (Å²) in [5, 5.41) is 9.43. The van der Waals surface area contributed by atoms with Gasteiger partial charge in [0.2, 0.25) is 0 Å². The number of halogens is 2. The molecule has 3 heteroatoms. The van der Waals surface area contributed by atoms with Gasteiger partial charge in [-0.25, -0.2) is 0 Å². The molecule has 0 amide bonds. The van der Waals surface area contributed by atoms with Crippen LogP contribution in [0.2, 0.25) is 0 Å². The number of hydrogen-bond acceptors (Lipinski definition) is 1. The lowest BCUT2D eigenvalue weighted by Crippen LogP contribution is -1.83. The first kappa shape index (κ1) is 10.1. The lowest BCUT2D eigenvalue weighted by molar-refractivity contribution is 0.470. The van der Waals surface area contributed by atoms with Crippen molar-refractivity contribution < 1.29 is 5.11 Å². The first-order valence-corrected chi connectivity index (χ1v) is 5.40. The molecule has 0 atom stereocenters. The largest absolute Gasteiger partial charge is 0.507 e. The maximum absolute atomic E-state index is 9.43. The summed E-state index contributed by atoms with van der Waals surface area (Å²) in [6.45, 7) is 2.12. The van der Waals surface area contributed by atoms with Crippen molar-refractivity contribution in [3.8, 4) is 5.75 Å². The van der Waals surface area contributed by atoms with E-state index in [1.807, 2.05) is 6.07 Å². The second-order valence-corrected chi connectivity index (χ2v) is 4.31. The monoisotopic (exact) mass is 292 g/mol. The topological polar surface area (TPSA) is 20.2 Å². The Hall–Kier alpha value is -0.0200. The lowest BCUT2D eigenvalue weighted by atomic mass is 10.1. The van der Waals surface area contributed by atoms with Crippen molar-refractivity contribution in [2.75, 3.05) is 0 Å². The molecule has 0 aliphatic rings. The number of aryl methyl sites for hydroxylation is 1. The van der Waals surface area contributed by atoms with E-state index in [0.29, 0.717) is 5.75 Å². The molecule has 0 heterocycles. The van der Waals surface area contributed by atoms with Gasteiger partial charge in [0.05, 0.1) is 4.47 Å². The van der Waals surface area contributed by atoms with Gasteiger partial charge in [0.15, 0.2) is 0 Å². The summed E-state index contributed by atoms with van der Waals surface area (Å²) >= 11 is 6.63. The molecule has 0 saturated heterocycles. The van der Waals surface area contributed by atoms with Crippen molar-refractivity contribution in [3.63, 3.8) is 0 Å². The number of aromatic hydroxyl groups is 1. The molecule has 0 saturated carbocycles. The van der Waals surface area contributed by atoms with Crippen LogP contribution in [0.1, 0.15) is 18.9 Å². The van der Waals surface area contributed by atoms with Crippen LogP contribution in [-0.2, 0) is 6.42 Å². The molecule has 0 aliphatic carbocycles. The number of rotatable bonds is 2. The minimum absolute atomic E-state index is 0.299. The van der Waals surface area contributed by atoms with E-state index in [1.165, 1.54) is 0 Å². The van der Waals surface area contributed by atoms with E-state index < -0.39 is 0 Å². The van der Waals surface area contributed by atoms with Crippen molar-refractivity contribution >= 4 is 31.9 Å². The molecule has 0 radical (unpaired) electrons. The second-order valence-electron chi connectivity index (χ2n) is 2.66. The van der Waals surface area contributed by atoms with Crippen LogP contribution in [0.15, 0.2) is 21.1 Å². The van der Waals surface area contributed by atoms with Gasteiger partial charge in [0, 0.05) is 4.47 Å². The highest BCUT2D eigenvalue weighted by Crippen LogP contribution is 2.33. The predicted molar refractivity (Wildman–Crippen MR) is 57.5 cm³/mol. The van der Waals surface area contributed by atoms with Gasteiger partial charge in [-0.15, -0.1) is 0 Å². The van der Waals surface area contributed by atoms with E-state index in [4.69, 9.17) is 0 Å².